The van der Waals surface area contributed by atoms with E-state index in [-0.39, 0.29) is 22.9 Å². The smallest absolute Gasteiger partial charge is 0.261 e. The number of hydrogen-bond acceptors (Lipinski definition) is 3. The molecule has 2 aromatic heterocycles. The molecule has 33 heavy (non-hydrogen) atoms. The van der Waals surface area contributed by atoms with Gasteiger partial charge in [0.1, 0.15) is 5.56 Å². The molecule has 166 valence electrons. The SMILES string of the molecule is CC1(C)Cc2c(cnn2-c2ccccc2)C(NC(=O)c2ccc(-c3ccccc3)[nH]c2=O)C1. The number of rotatable bonds is 4. The van der Waals surface area contributed by atoms with Gasteiger partial charge in [0.05, 0.1) is 23.6 Å². The number of aromatic amines is 1. The summed E-state index contributed by atoms with van der Waals surface area (Å²) in [6, 6.07) is 22.7. The standard InChI is InChI=1S/C27H26N4O2/c1-27(2)15-23(21-17-28-31(24(21)16-27)19-11-7-4-8-12-19)30-26(33)20-13-14-22(29-25(20)32)18-9-5-3-6-10-18/h3-14,17,23H,15-16H2,1-2H3,(H,29,32)(H,30,33). The highest BCUT2D eigenvalue weighted by atomic mass is 16.2. The number of pyridine rings is 1. The molecule has 2 heterocycles. The number of carbonyl (C=O) groups excluding carboxylic acids is 1. The third-order valence-electron chi connectivity index (χ3n) is 6.22. The minimum atomic E-state index is -0.399. The molecular formula is C27H26N4O2. The Morgan fingerprint density at radius 1 is 1.03 bits per heavy atom. The van der Waals surface area contributed by atoms with Crippen molar-refractivity contribution in [1.82, 2.24) is 20.1 Å². The van der Waals surface area contributed by atoms with Crippen molar-refractivity contribution < 1.29 is 4.79 Å². The molecule has 2 N–H and O–H groups in total. The van der Waals surface area contributed by atoms with E-state index >= 15 is 0 Å². The van der Waals surface area contributed by atoms with Crippen LogP contribution in [0.1, 0.15) is 47.9 Å². The maximum atomic E-state index is 13.1. The van der Waals surface area contributed by atoms with Gasteiger partial charge in [-0.3, -0.25) is 9.59 Å². The van der Waals surface area contributed by atoms with Gasteiger partial charge in [-0.05, 0) is 48.1 Å². The van der Waals surface area contributed by atoms with E-state index in [0.717, 1.165) is 35.3 Å². The monoisotopic (exact) mass is 438 g/mol. The Balaban J connectivity index is 1.44. The van der Waals surface area contributed by atoms with Crippen LogP contribution in [0, 0.1) is 5.41 Å². The minimum absolute atomic E-state index is 0.0267. The lowest BCUT2D eigenvalue weighted by Crippen LogP contribution is -2.38. The van der Waals surface area contributed by atoms with Crippen LogP contribution >= 0.6 is 0 Å². The lowest BCUT2D eigenvalue weighted by molar-refractivity contribution is 0.0917. The quantitative estimate of drug-likeness (QED) is 0.486. The predicted molar refractivity (Wildman–Crippen MR) is 128 cm³/mol. The number of fused-ring (bicyclic) bond motifs is 1. The Morgan fingerprint density at radius 2 is 1.73 bits per heavy atom. The van der Waals surface area contributed by atoms with Gasteiger partial charge < -0.3 is 10.3 Å². The van der Waals surface area contributed by atoms with Crippen LogP contribution in [-0.4, -0.2) is 20.7 Å². The highest BCUT2D eigenvalue weighted by molar-refractivity contribution is 5.94. The van der Waals surface area contributed by atoms with Gasteiger partial charge in [-0.1, -0.05) is 62.4 Å². The second kappa shape index (κ2) is 8.20. The fourth-order valence-electron chi connectivity index (χ4n) is 4.64. The van der Waals surface area contributed by atoms with Gasteiger partial charge in [0.15, 0.2) is 0 Å². The minimum Gasteiger partial charge on any atom is -0.345 e. The van der Waals surface area contributed by atoms with Crippen molar-refractivity contribution in [2.24, 2.45) is 5.41 Å². The summed E-state index contributed by atoms with van der Waals surface area (Å²) in [5.41, 5.74) is 4.35. The lowest BCUT2D eigenvalue weighted by atomic mass is 9.74. The summed E-state index contributed by atoms with van der Waals surface area (Å²) < 4.78 is 1.96. The molecule has 0 aliphatic heterocycles. The Hall–Kier alpha value is -3.93. The van der Waals surface area contributed by atoms with Crippen LogP contribution in [-0.2, 0) is 6.42 Å². The first-order valence-corrected chi connectivity index (χ1v) is 11.1. The first-order valence-electron chi connectivity index (χ1n) is 11.1. The first-order chi connectivity index (χ1) is 15.9. The lowest BCUT2D eigenvalue weighted by Gasteiger charge is -2.36. The number of hydrogen-bond donors (Lipinski definition) is 2. The van der Waals surface area contributed by atoms with Crippen LogP contribution in [0.2, 0.25) is 0 Å². The van der Waals surface area contributed by atoms with Gasteiger partial charge in [-0.2, -0.15) is 5.10 Å². The van der Waals surface area contributed by atoms with E-state index in [1.807, 2.05) is 71.5 Å². The molecule has 1 aliphatic rings. The summed E-state index contributed by atoms with van der Waals surface area (Å²) in [6.45, 7) is 4.39. The molecular weight excluding hydrogens is 412 g/mol. The molecule has 1 atom stereocenters. The van der Waals surface area contributed by atoms with Crippen molar-refractivity contribution in [1.29, 1.82) is 0 Å². The van der Waals surface area contributed by atoms with Crippen molar-refractivity contribution in [3.05, 3.63) is 106 Å². The fraction of sp³-hybridized carbons (Fsp3) is 0.222. The number of carbonyl (C=O) groups is 1. The topological polar surface area (TPSA) is 79.8 Å². The molecule has 0 saturated carbocycles. The molecule has 0 fully saturated rings. The predicted octanol–water partition coefficient (Wildman–Crippen LogP) is 4.67. The summed E-state index contributed by atoms with van der Waals surface area (Å²) in [4.78, 5) is 28.7. The molecule has 2 aromatic carbocycles. The maximum Gasteiger partial charge on any atom is 0.261 e. The van der Waals surface area contributed by atoms with Crippen LogP contribution in [0.3, 0.4) is 0 Å². The molecule has 1 amide bonds. The molecule has 1 aliphatic carbocycles. The molecule has 0 bridgehead atoms. The van der Waals surface area contributed by atoms with Crippen molar-refractivity contribution in [2.75, 3.05) is 0 Å². The number of nitrogens with zero attached hydrogens (tertiary/aromatic N) is 2. The fourth-order valence-corrected chi connectivity index (χ4v) is 4.64. The molecule has 0 spiro atoms. The summed E-state index contributed by atoms with van der Waals surface area (Å²) in [5, 5.41) is 7.72. The zero-order valence-electron chi connectivity index (χ0n) is 18.7. The summed E-state index contributed by atoms with van der Waals surface area (Å²) in [7, 11) is 0. The number of nitrogens with one attached hydrogen (secondary N) is 2. The Morgan fingerprint density at radius 3 is 2.42 bits per heavy atom. The van der Waals surface area contributed by atoms with Gasteiger partial charge in [0.2, 0.25) is 0 Å². The van der Waals surface area contributed by atoms with Crippen molar-refractivity contribution in [2.45, 2.75) is 32.7 Å². The molecule has 5 rings (SSSR count). The summed E-state index contributed by atoms with van der Waals surface area (Å²) >= 11 is 0. The first kappa shape index (κ1) is 20.9. The zero-order chi connectivity index (χ0) is 23.0. The maximum absolute atomic E-state index is 13.1. The summed E-state index contributed by atoms with van der Waals surface area (Å²) in [6.07, 6.45) is 3.47. The van der Waals surface area contributed by atoms with E-state index in [4.69, 9.17) is 0 Å². The van der Waals surface area contributed by atoms with Crippen LogP contribution in [0.15, 0.2) is 83.8 Å². The van der Waals surface area contributed by atoms with Crippen LogP contribution in [0.5, 0.6) is 0 Å². The van der Waals surface area contributed by atoms with Gasteiger partial charge in [0, 0.05) is 11.3 Å². The molecule has 1 unspecified atom stereocenters. The van der Waals surface area contributed by atoms with E-state index < -0.39 is 5.56 Å². The van der Waals surface area contributed by atoms with E-state index in [1.54, 1.807) is 12.1 Å². The van der Waals surface area contributed by atoms with Gasteiger partial charge in [-0.15, -0.1) is 0 Å². The largest absolute Gasteiger partial charge is 0.345 e. The van der Waals surface area contributed by atoms with Crippen LogP contribution < -0.4 is 10.9 Å². The van der Waals surface area contributed by atoms with E-state index in [1.165, 1.54) is 0 Å². The molecule has 0 saturated heterocycles. The van der Waals surface area contributed by atoms with Crippen molar-refractivity contribution >= 4 is 5.91 Å². The Bertz CT molecular complexity index is 1350. The highest BCUT2D eigenvalue weighted by Crippen LogP contribution is 2.41. The van der Waals surface area contributed by atoms with Crippen molar-refractivity contribution in [3.63, 3.8) is 0 Å². The molecule has 6 nitrogen and oxygen atoms in total. The number of benzene rings is 2. The van der Waals surface area contributed by atoms with Crippen molar-refractivity contribution in [3.8, 4) is 16.9 Å². The van der Waals surface area contributed by atoms with Gasteiger partial charge >= 0.3 is 0 Å². The second-order valence-corrected chi connectivity index (χ2v) is 9.35. The zero-order valence-corrected chi connectivity index (χ0v) is 18.7. The Labute approximate surface area is 192 Å². The normalized spacial score (nSPS) is 16.7. The van der Waals surface area contributed by atoms with Crippen LogP contribution in [0.4, 0.5) is 0 Å². The molecule has 4 aromatic rings. The molecule has 6 heteroatoms. The number of aromatic nitrogens is 3. The highest BCUT2D eigenvalue weighted by Gasteiger charge is 2.36. The van der Waals surface area contributed by atoms with E-state index in [9.17, 15) is 9.59 Å². The van der Waals surface area contributed by atoms with E-state index in [2.05, 4.69) is 29.2 Å². The van der Waals surface area contributed by atoms with Crippen LogP contribution in [0.25, 0.3) is 16.9 Å². The second-order valence-electron chi connectivity index (χ2n) is 9.35. The average molecular weight is 439 g/mol. The van der Waals surface area contributed by atoms with Gasteiger partial charge in [-0.25, -0.2) is 4.68 Å². The summed E-state index contributed by atoms with van der Waals surface area (Å²) in [5.74, 6) is -0.378. The average Bonchev–Trinajstić information content (AvgIpc) is 3.23. The number of amides is 1. The van der Waals surface area contributed by atoms with Gasteiger partial charge in [0.25, 0.3) is 11.5 Å². The number of H-pyrrole nitrogens is 1. The third-order valence-corrected chi connectivity index (χ3v) is 6.22. The Kier molecular flexibility index (Phi) is 5.21. The molecule has 0 radical (unpaired) electrons. The number of para-hydroxylation sites is 1. The third kappa shape index (κ3) is 4.12. The van der Waals surface area contributed by atoms with E-state index in [0.29, 0.717) is 5.69 Å².